The van der Waals surface area contributed by atoms with Gasteiger partial charge in [0.15, 0.2) is 0 Å². The molecule has 2 N–H and O–H groups in total. The van der Waals surface area contributed by atoms with E-state index in [4.69, 9.17) is 4.74 Å². The minimum Gasteiger partial charge on any atom is -0.383 e. The first-order chi connectivity index (χ1) is 16.2. The third-order valence-corrected chi connectivity index (χ3v) is 7.92. The largest absolute Gasteiger partial charge is 0.383 e. The Morgan fingerprint density at radius 3 is 2.59 bits per heavy atom. The standard InChI is InChI=1S/C26H32N4O3S/c1-17-13-18(2)26(19(3)14-17)34(31,32)29-20(4)15-27-24-7-6-8-25-23(24)16-28-30(25)21-9-11-22(33-5)12-10-21/h6-11,13-14,16,20,22,27,29H,12,15H2,1-5H3/t20-,22?/m0/s1. The number of methoxy groups -OCH3 is 1. The predicted octanol–water partition coefficient (Wildman–Crippen LogP) is 4.56. The second-order valence-corrected chi connectivity index (χ2v) is 10.6. The van der Waals surface area contributed by atoms with Crippen molar-refractivity contribution in [2.24, 2.45) is 0 Å². The van der Waals surface area contributed by atoms with E-state index < -0.39 is 10.0 Å². The molecule has 1 heterocycles. The number of rotatable bonds is 8. The van der Waals surface area contributed by atoms with Crippen molar-refractivity contribution in [1.82, 2.24) is 14.5 Å². The molecule has 0 amide bonds. The minimum absolute atomic E-state index is 0.0977. The van der Waals surface area contributed by atoms with Crippen LogP contribution in [0.4, 0.5) is 5.69 Å². The van der Waals surface area contributed by atoms with E-state index in [2.05, 4.69) is 21.2 Å². The van der Waals surface area contributed by atoms with Crippen LogP contribution in [0.2, 0.25) is 0 Å². The molecule has 4 rings (SSSR count). The SMILES string of the molecule is COC1C=CC(n2ncc3c(NC[C@H](C)NS(=O)(=O)c4c(C)cc(C)cc4C)cccc32)=CC1. The number of sulfonamides is 1. The number of fused-ring (bicyclic) bond motifs is 1. The van der Waals surface area contributed by atoms with Crippen molar-refractivity contribution < 1.29 is 13.2 Å². The summed E-state index contributed by atoms with van der Waals surface area (Å²) in [5.41, 5.74) is 5.46. The Labute approximate surface area is 201 Å². The van der Waals surface area contributed by atoms with Crippen LogP contribution in [-0.2, 0) is 14.8 Å². The summed E-state index contributed by atoms with van der Waals surface area (Å²) in [6, 6.07) is 9.47. The zero-order valence-electron chi connectivity index (χ0n) is 20.3. The molecule has 0 radical (unpaired) electrons. The number of aromatic nitrogens is 2. The van der Waals surface area contributed by atoms with E-state index >= 15 is 0 Å². The lowest BCUT2D eigenvalue weighted by atomic mass is 10.1. The highest BCUT2D eigenvalue weighted by molar-refractivity contribution is 7.89. The lowest BCUT2D eigenvalue weighted by Gasteiger charge is -2.19. The zero-order chi connectivity index (χ0) is 24.5. The fourth-order valence-electron chi connectivity index (χ4n) is 4.55. The van der Waals surface area contributed by atoms with Crippen LogP contribution in [0.15, 0.2) is 59.7 Å². The molecule has 0 saturated carbocycles. The van der Waals surface area contributed by atoms with Gasteiger partial charge in [-0.2, -0.15) is 5.10 Å². The van der Waals surface area contributed by atoms with Crippen LogP contribution >= 0.6 is 0 Å². The van der Waals surface area contributed by atoms with Crippen LogP contribution in [0, 0.1) is 20.8 Å². The average molecular weight is 481 g/mol. The van der Waals surface area contributed by atoms with E-state index in [0.717, 1.165) is 45.4 Å². The third kappa shape index (κ3) is 4.94. The van der Waals surface area contributed by atoms with Crippen molar-refractivity contribution in [3.05, 3.63) is 71.4 Å². The molecular formula is C26H32N4O3S. The molecule has 1 aliphatic carbocycles. The van der Waals surface area contributed by atoms with E-state index in [1.165, 1.54) is 0 Å². The Morgan fingerprint density at radius 1 is 1.21 bits per heavy atom. The summed E-state index contributed by atoms with van der Waals surface area (Å²) >= 11 is 0. The van der Waals surface area contributed by atoms with Gasteiger partial charge in [0.2, 0.25) is 10.0 Å². The molecule has 2 atom stereocenters. The first kappa shape index (κ1) is 24.2. The van der Waals surface area contributed by atoms with Crippen molar-refractivity contribution in [2.75, 3.05) is 19.0 Å². The molecule has 1 unspecified atom stereocenters. The molecule has 0 bridgehead atoms. The number of allylic oxidation sites excluding steroid dienone is 2. The smallest absolute Gasteiger partial charge is 0.241 e. The second-order valence-electron chi connectivity index (χ2n) is 8.92. The van der Waals surface area contributed by atoms with Gasteiger partial charge in [0, 0.05) is 30.8 Å². The highest BCUT2D eigenvalue weighted by Gasteiger charge is 2.22. The highest BCUT2D eigenvalue weighted by atomic mass is 32.2. The normalized spacial score (nSPS) is 17.1. The number of benzene rings is 2. The van der Waals surface area contributed by atoms with E-state index in [1.54, 1.807) is 7.11 Å². The summed E-state index contributed by atoms with van der Waals surface area (Å²) in [5.74, 6) is 0. The molecule has 0 aliphatic heterocycles. The van der Waals surface area contributed by atoms with Gasteiger partial charge in [0.25, 0.3) is 0 Å². The molecule has 8 heteroatoms. The van der Waals surface area contributed by atoms with Gasteiger partial charge in [-0.1, -0.05) is 35.9 Å². The molecule has 34 heavy (non-hydrogen) atoms. The number of hydrogen-bond acceptors (Lipinski definition) is 5. The van der Waals surface area contributed by atoms with Crippen LogP contribution in [-0.4, -0.2) is 44.0 Å². The third-order valence-electron chi connectivity index (χ3n) is 6.03. The molecule has 1 aromatic heterocycles. The van der Waals surface area contributed by atoms with Gasteiger partial charge in [-0.05, 0) is 63.5 Å². The topological polar surface area (TPSA) is 85.2 Å². The maximum absolute atomic E-state index is 13.1. The van der Waals surface area contributed by atoms with Crippen molar-refractivity contribution >= 4 is 32.3 Å². The Balaban J connectivity index is 1.48. The van der Waals surface area contributed by atoms with E-state index in [0.29, 0.717) is 11.4 Å². The first-order valence-electron chi connectivity index (χ1n) is 11.4. The van der Waals surface area contributed by atoms with Crippen LogP contribution < -0.4 is 10.0 Å². The number of nitrogens with zero attached hydrogens (tertiary/aromatic N) is 2. The van der Waals surface area contributed by atoms with E-state index in [-0.39, 0.29) is 12.1 Å². The summed E-state index contributed by atoms with van der Waals surface area (Å²) in [7, 11) is -1.93. The molecule has 180 valence electrons. The van der Waals surface area contributed by atoms with Gasteiger partial charge >= 0.3 is 0 Å². The maximum atomic E-state index is 13.1. The fourth-order valence-corrected chi connectivity index (χ4v) is 6.25. The van der Waals surface area contributed by atoms with Gasteiger partial charge in [0.1, 0.15) is 0 Å². The van der Waals surface area contributed by atoms with Gasteiger partial charge in [-0.15, -0.1) is 0 Å². The second kappa shape index (κ2) is 9.74. The van der Waals surface area contributed by atoms with Gasteiger partial charge < -0.3 is 10.1 Å². The monoisotopic (exact) mass is 480 g/mol. The Kier molecular flexibility index (Phi) is 6.93. The van der Waals surface area contributed by atoms with Crippen molar-refractivity contribution in [3.63, 3.8) is 0 Å². The summed E-state index contributed by atoms with van der Waals surface area (Å²) in [6.07, 6.45) is 8.92. The van der Waals surface area contributed by atoms with Crippen LogP contribution in [0.1, 0.15) is 30.0 Å². The number of nitrogens with one attached hydrogen (secondary N) is 2. The number of hydrogen-bond donors (Lipinski definition) is 2. The lowest BCUT2D eigenvalue weighted by molar-refractivity contribution is 0.143. The quantitative estimate of drug-likeness (QED) is 0.494. The Hall–Kier alpha value is -2.94. The maximum Gasteiger partial charge on any atom is 0.241 e. The minimum atomic E-state index is -3.63. The molecule has 2 aromatic carbocycles. The molecular weight excluding hydrogens is 448 g/mol. The summed E-state index contributed by atoms with van der Waals surface area (Å²) in [5, 5.41) is 8.96. The summed E-state index contributed by atoms with van der Waals surface area (Å²) in [6.45, 7) is 7.93. The number of anilines is 1. The first-order valence-corrected chi connectivity index (χ1v) is 12.9. The predicted molar refractivity (Wildman–Crippen MR) is 137 cm³/mol. The Morgan fingerprint density at radius 2 is 1.94 bits per heavy atom. The Bertz CT molecular complexity index is 1350. The lowest BCUT2D eigenvalue weighted by Crippen LogP contribution is -2.38. The van der Waals surface area contributed by atoms with E-state index in [9.17, 15) is 8.42 Å². The van der Waals surface area contributed by atoms with Crippen LogP contribution in [0.3, 0.4) is 0 Å². The van der Waals surface area contributed by atoms with Crippen LogP contribution in [0.5, 0.6) is 0 Å². The van der Waals surface area contributed by atoms with E-state index in [1.807, 2.05) is 81.1 Å². The molecule has 3 aromatic rings. The highest BCUT2D eigenvalue weighted by Crippen LogP contribution is 2.27. The number of ether oxygens (including phenoxy) is 1. The summed E-state index contributed by atoms with van der Waals surface area (Å²) < 4.78 is 36.2. The molecule has 0 spiro atoms. The van der Waals surface area contributed by atoms with Gasteiger partial charge in [-0.25, -0.2) is 17.8 Å². The van der Waals surface area contributed by atoms with Gasteiger partial charge in [-0.3, -0.25) is 0 Å². The molecule has 0 saturated heterocycles. The average Bonchev–Trinajstić information content (AvgIpc) is 3.21. The molecule has 0 fully saturated rings. The van der Waals surface area contributed by atoms with Crippen molar-refractivity contribution in [3.8, 4) is 0 Å². The fraction of sp³-hybridized carbons (Fsp3) is 0.346. The van der Waals surface area contributed by atoms with Crippen molar-refractivity contribution in [2.45, 2.75) is 51.2 Å². The van der Waals surface area contributed by atoms with Gasteiger partial charge in [0.05, 0.1) is 28.4 Å². The summed E-state index contributed by atoms with van der Waals surface area (Å²) in [4.78, 5) is 0.359. The van der Waals surface area contributed by atoms with Crippen LogP contribution in [0.25, 0.3) is 16.6 Å². The number of aryl methyl sites for hydroxylation is 3. The molecule has 7 nitrogen and oxygen atoms in total. The van der Waals surface area contributed by atoms with Crippen molar-refractivity contribution in [1.29, 1.82) is 0 Å². The molecule has 1 aliphatic rings. The zero-order valence-corrected chi connectivity index (χ0v) is 21.1.